The Kier molecular flexibility index (Phi) is 8.78. The van der Waals surface area contributed by atoms with E-state index in [1.807, 2.05) is 6.07 Å². The molecular formula is C17H29N9O4S2. The second-order valence-corrected chi connectivity index (χ2v) is 9.74. The van der Waals surface area contributed by atoms with E-state index in [2.05, 4.69) is 35.1 Å². The Morgan fingerprint density at radius 2 is 2.09 bits per heavy atom. The second kappa shape index (κ2) is 11.3. The lowest BCUT2D eigenvalue weighted by Gasteiger charge is -2.27. The highest BCUT2D eigenvalue weighted by Gasteiger charge is 2.29. The molecule has 1 atom stereocenters. The molecule has 13 nitrogen and oxygen atoms in total. The number of rotatable bonds is 10. The SMILES string of the molecule is NC[C@@H](O)CNSc1ccc(N2CCCN(CCO)CC2)c(-c2nn[nH]n2)c1S(N)(=O)=O. The van der Waals surface area contributed by atoms with Gasteiger partial charge in [0.05, 0.1) is 18.3 Å². The van der Waals surface area contributed by atoms with E-state index in [1.54, 1.807) is 6.07 Å². The smallest absolute Gasteiger partial charge is 0.240 e. The molecule has 0 aliphatic carbocycles. The number of aliphatic hydroxyl groups is 2. The first-order valence-corrected chi connectivity index (χ1v) is 12.5. The number of H-pyrrole nitrogens is 1. The van der Waals surface area contributed by atoms with Gasteiger partial charge in [0, 0.05) is 49.9 Å². The molecule has 0 spiro atoms. The fraction of sp³-hybridized carbons (Fsp3) is 0.588. The van der Waals surface area contributed by atoms with Crippen molar-refractivity contribution in [2.24, 2.45) is 10.9 Å². The van der Waals surface area contributed by atoms with Gasteiger partial charge in [0.25, 0.3) is 0 Å². The number of β-amino-alcohol motifs (C(OH)–C–C–N with tert-alkyl or cyclic N) is 1. The lowest BCUT2D eigenvalue weighted by atomic mass is 10.1. The molecule has 0 bridgehead atoms. The van der Waals surface area contributed by atoms with E-state index in [-0.39, 0.29) is 36.0 Å². The summed E-state index contributed by atoms with van der Waals surface area (Å²) in [6.45, 7) is 3.77. The van der Waals surface area contributed by atoms with E-state index < -0.39 is 16.1 Å². The van der Waals surface area contributed by atoms with Crippen LogP contribution in [0.3, 0.4) is 0 Å². The maximum absolute atomic E-state index is 12.7. The number of primary sulfonamides is 1. The number of sulfonamides is 1. The number of tetrazole rings is 1. The summed E-state index contributed by atoms with van der Waals surface area (Å²) in [7, 11) is -4.18. The second-order valence-electron chi connectivity index (χ2n) is 7.31. The highest BCUT2D eigenvalue weighted by Crippen LogP contribution is 2.39. The maximum atomic E-state index is 12.7. The zero-order chi connectivity index (χ0) is 23.1. The molecule has 1 aliphatic rings. The highest BCUT2D eigenvalue weighted by molar-refractivity contribution is 7.98. The van der Waals surface area contributed by atoms with Gasteiger partial charge in [-0.2, -0.15) is 5.21 Å². The predicted molar refractivity (Wildman–Crippen MR) is 120 cm³/mol. The van der Waals surface area contributed by atoms with Crippen molar-refractivity contribution in [2.45, 2.75) is 22.3 Å². The molecule has 1 fully saturated rings. The van der Waals surface area contributed by atoms with Crippen molar-refractivity contribution < 1.29 is 18.6 Å². The Hall–Kier alpha value is -1.85. The molecule has 0 amide bonds. The zero-order valence-corrected chi connectivity index (χ0v) is 19.1. The van der Waals surface area contributed by atoms with Crippen LogP contribution < -0.4 is 20.5 Å². The number of aromatic nitrogens is 4. The normalized spacial score (nSPS) is 16.8. The predicted octanol–water partition coefficient (Wildman–Crippen LogP) is -2.07. The van der Waals surface area contributed by atoms with Gasteiger partial charge in [-0.1, -0.05) is 0 Å². The molecule has 0 saturated carbocycles. The van der Waals surface area contributed by atoms with Crippen LogP contribution in [0.15, 0.2) is 21.9 Å². The summed E-state index contributed by atoms with van der Waals surface area (Å²) in [5, 5.41) is 38.6. The minimum absolute atomic E-state index is 0.0743. The molecule has 0 radical (unpaired) electrons. The summed E-state index contributed by atoms with van der Waals surface area (Å²) in [5.74, 6) is 0.116. The summed E-state index contributed by atoms with van der Waals surface area (Å²) in [6.07, 6.45) is 0.0705. The molecule has 1 aromatic heterocycles. The molecule has 2 aromatic rings. The average molecular weight is 488 g/mol. The minimum Gasteiger partial charge on any atom is -0.395 e. The number of benzene rings is 1. The van der Waals surface area contributed by atoms with Gasteiger partial charge >= 0.3 is 0 Å². The van der Waals surface area contributed by atoms with E-state index in [1.165, 1.54) is 0 Å². The Balaban J connectivity index is 2.02. The summed E-state index contributed by atoms with van der Waals surface area (Å²) < 4.78 is 28.3. The number of nitrogens with one attached hydrogen (secondary N) is 2. The molecule has 0 unspecified atom stereocenters. The first-order valence-electron chi connectivity index (χ1n) is 10.1. The quantitative estimate of drug-likeness (QED) is 0.200. The standard InChI is InChI=1S/C17H29N9O4S2/c18-10-12(28)11-20-31-14-3-2-13(26-5-1-4-25(6-7-26)8-9-27)15(16(14)32(19,29)30)17-21-23-24-22-17/h2-3,12,20,27-28H,1,4-11,18H2,(H2,19,29,30)(H,21,22,23,24)/t12-/m1/s1. The molecular weight excluding hydrogens is 458 g/mol. The van der Waals surface area contributed by atoms with E-state index in [4.69, 9.17) is 10.9 Å². The molecule has 1 saturated heterocycles. The van der Waals surface area contributed by atoms with Crippen molar-refractivity contribution in [1.29, 1.82) is 0 Å². The topological polar surface area (TPSA) is 200 Å². The van der Waals surface area contributed by atoms with Crippen molar-refractivity contribution >= 4 is 27.7 Å². The fourth-order valence-corrected chi connectivity index (χ4v) is 5.60. The van der Waals surface area contributed by atoms with Crippen molar-refractivity contribution in [2.75, 3.05) is 57.3 Å². The van der Waals surface area contributed by atoms with E-state index >= 15 is 0 Å². The van der Waals surface area contributed by atoms with Gasteiger partial charge in [-0.15, -0.1) is 10.2 Å². The van der Waals surface area contributed by atoms with Gasteiger partial charge in [0.15, 0.2) is 0 Å². The molecule has 15 heteroatoms. The fourth-order valence-electron chi connectivity index (χ4n) is 3.54. The van der Waals surface area contributed by atoms with Gasteiger partial charge in [0.1, 0.15) is 4.90 Å². The third-order valence-corrected chi connectivity index (χ3v) is 7.07. The third kappa shape index (κ3) is 6.14. The number of hydrogen-bond acceptors (Lipinski definition) is 12. The minimum atomic E-state index is -4.18. The summed E-state index contributed by atoms with van der Waals surface area (Å²) in [5.41, 5.74) is 6.32. The van der Waals surface area contributed by atoms with Crippen molar-refractivity contribution in [3.63, 3.8) is 0 Å². The zero-order valence-electron chi connectivity index (χ0n) is 17.5. The van der Waals surface area contributed by atoms with Crippen LogP contribution in [0.5, 0.6) is 0 Å². The average Bonchev–Trinajstić information content (AvgIpc) is 3.19. The molecule has 178 valence electrons. The van der Waals surface area contributed by atoms with Crippen LogP contribution in [-0.4, -0.2) is 103 Å². The van der Waals surface area contributed by atoms with Crippen molar-refractivity contribution in [3.05, 3.63) is 12.1 Å². The Morgan fingerprint density at radius 1 is 1.28 bits per heavy atom. The lowest BCUT2D eigenvalue weighted by molar-refractivity contribution is 0.188. The number of hydrogen-bond donors (Lipinski definition) is 6. The van der Waals surface area contributed by atoms with Gasteiger partial charge in [0.2, 0.25) is 15.8 Å². The Morgan fingerprint density at radius 3 is 2.75 bits per heavy atom. The first kappa shape index (κ1) is 24.8. The maximum Gasteiger partial charge on any atom is 0.240 e. The van der Waals surface area contributed by atoms with Gasteiger partial charge < -0.3 is 20.8 Å². The lowest BCUT2D eigenvalue weighted by Crippen LogP contribution is -2.33. The molecule has 8 N–H and O–H groups in total. The van der Waals surface area contributed by atoms with Crippen molar-refractivity contribution in [3.8, 4) is 11.4 Å². The first-order chi connectivity index (χ1) is 15.3. The number of nitrogens with two attached hydrogens (primary N) is 2. The number of aliphatic hydroxyl groups excluding tert-OH is 2. The Labute approximate surface area is 190 Å². The largest absolute Gasteiger partial charge is 0.395 e. The van der Waals surface area contributed by atoms with Crippen LogP contribution in [0, 0.1) is 0 Å². The molecule has 2 heterocycles. The highest BCUT2D eigenvalue weighted by atomic mass is 32.2. The number of aromatic amines is 1. The van der Waals surface area contributed by atoms with Gasteiger partial charge in [-0.05, 0) is 42.3 Å². The van der Waals surface area contributed by atoms with Crippen LogP contribution in [0.4, 0.5) is 5.69 Å². The number of nitrogens with zero attached hydrogens (tertiary/aromatic N) is 5. The molecule has 3 rings (SSSR count). The van der Waals surface area contributed by atoms with Crippen LogP contribution in [0.1, 0.15) is 6.42 Å². The van der Waals surface area contributed by atoms with Crippen LogP contribution in [0.25, 0.3) is 11.4 Å². The van der Waals surface area contributed by atoms with Crippen LogP contribution in [-0.2, 0) is 10.0 Å². The summed E-state index contributed by atoms with van der Waals surface area (Å²) in [4.78, 5) is 4.45. The van der Waals surface area contributed by atoms with Gasteiger partial charge in [-0.3, -0.25) is 9.62 Å². The molecule has 32 heavy (non-hydrogen) atoms. The van der Waals surface area contributed by atoms with Gasteiger partial charge in [-0.25, -0.2) is 13.6 Å². The Bertz CT molecular complexity index is 975. The van der Waals surface area contributed by atoms with Crippen LogP contribution in [0.2, 0.25) is 0 Å². The summed E-state index contributed by atoms with van der Waals surface area (Å²) >= 11 is 1.03. The van der Waals surface area contributed by atoms with E-state index in [9.17, 15) is 18.6 Å². The third-order valence-electron chi connectivity index (χ3n) is 5.07. The van der Waals surface area contributed by atoms with Crippen molar-refractivity contribution in [1.82, 2.24) is 30.2 Å². The summed E-state index contributed by atoms with van der Waals surface area (Å²) in [6, 6.07) is 3.48. The van der Waals surface area contributed by atoms with Crippen LogP contribution >= 0.6 is 11.9 Å². The van der Waals surface area contributed by atoms with E-state index in [0.29, 0.717) is 36.8 Å². The number of anilines is 1. The molecule has 1 aromatic carbocycles. The van der Waals surface area contributed by atoms with E-state index in [0.717, 1.165) is 24.9 Å². The monoisotopic (exact) mass is 487 g/mol. The molecule has 1 aliphatic heterocycles.